The summed E-state index contributed by atoms with van der Waals surface area (Å²) in [6.07, 6.45) is 0. The van der Waals surface area contributed by atoms with Crippen LogP contribution in [0, 0.1) is 0 Å². The van der Waals surface area contributed by atoms with Gasteiger partial charge in [0.25, 0.3) is 0 Å². The standard InChI is InChI=1S/C19H26N4O5S/c1-21-19(22-11-13-6-5-7-15(8-13)29(20,24)25)23-12-14-9-16(26-2)18(28-4)17(10-14)27-3/h5-10H,11-12H2,1-4H3,(H2,20,24,25)(H2,21,22,23). The summed E-state index contributed by atoms with van der Waals surface area (Å²) in [6.45, 7) is 0.825. The molecule has 10 heteroatoms. The highest BCUT2D eigenvalue weighted by Gasteiger charge is 2.13. The molecular weight excluding hydrogens is 396 g/mol. The number of rotatable bonds is 8. The molecule has 0 aromatic heterocycles. The van der Waals surface area contributed by atoms with Crippen molar-refractivity contribution in [1.82, 2.24) is 10.6 Å². The molecule has 29 heavy (non-hydrogen) atoms. The molecule has 0 aliphatic carbocycles. The van der Waals surface area contributed by atoms with E-state index in [2.05, 4.69) is 15.6 Å². The molecule has 158 valence electrons. The van der Waals surface area contributed by atoms with Crippen molar-refractivity contribution in [2.75, 3.05) is 28.4 Å². The van der Waals surface area contributed by atoms with Crippen LogP contribution in [0.1, 0.15) is 11.1 Å². The Labute approximate surface area is 170 Å². The van der Waals surface area contributed by atoms with E-state index in [9.17, 15) is 8.42 Å². The van der Waals surface area contributed by atoms with Crippen LogP contribution >= 0.6 is 0 Å². The summed E-state index contributed by atoms with van der Waals surface area (Å²) >= 11 is 0. The number of methoxy groups -OCH3 is 3. The van der Waals surface area contributed by atoms with Gasteiger partial charge in [-0.25, -0.2) is 13.6 Å². The van der Waals surface area contributed by atoms with Crippen LogP contribution in [0.5, 0.6) is 17.2 Å². The number of hydrogen-bond acceptors (Lipinski definition) is 6. The molecule has 9 nitrogen and oxygen atoms in total. The van der Waals surface area contributed by atoms with Crippen molar-refractivity contribution in [1.29, 1.82) is 0 Å². The van der Waals surface area contributed by atoms with E-state index in [1.165, 1.54) is 12.1 Å². The quantitative estimate of drug-likeness (QED) is 0.432. The number of aliphatic imine (C=N–C) groups is 1. The third kappa shape index (κ3) is 6.00. The fourth-order valence-corrected chi connectivity index (χ4v) is 3.25. The van der Waals surface area contributed by atoms with Crippen LogP contribution in [0.2, 0.25) is 0 Å². The van der Waals surface area contributed by atoms with Crippen molar-refractivity contribution in [3.05, 3.63) is 47.5 Å². The van der Waals surface area contributed by atoms with Crippen LogP contribution in [0.25, 0.3) is 0 Å². The van der Waals surface area contributed by atoms with Crippen molar-refractivity contribution in [3.8, 4) is 17.2 Å². The van der Waals surface area contributed by atoms with Gasteiger partial charge in [0.15, 0.2) is 17.5 Å². The fourth-order valence-electron chi connectivity index (χ4n) is 2.66. The number of ether oxygens (including phenoxy) is 3. The second-order valence-electron chi connectivity index (χ2n) is 6.01. The van der Waals surface area contributed by atoms with Crippen LogP contribution in [0.3, 0.4) is 0 Å². The van der Waals surface area contributed by atoms with E-state index >= 15 is 0 Å². The molecule has 0 unspecified atom stereocenters. The summed E-state index contributed by atoms with van der Waals surface area (Å²) in [6, 6.07) is 10.1. The van der Waals surface area contributed by atoms with Gasteiger partial charge < -0.3 is 24.8 Å². The van der Waals surface area contributed by atoms with Gasteiger partial charge in [-0.15, -0.1) is 0 Å². The highest BCUT2D eigenvalue weighted by atomic mass is 32.2. The average molecular weight is 423 g/mol. The minimum Gasteiger partial charge on any atom is -0.493 e. The Bertz CT molecular complexity index is 951. The maximum Gasteiger partial charge on any atom is 0.238 e. The Morgan fingerprint density at radius 1 is 0.966 bits per heavy atom. The topological polar surface area (TPSA) is 124 Å². The molecule has 4 N–H and O–H groups in total. The first kappa shape index (κ1) is 22.3. The Balaban J connectivity index is 2.05. The van der Waals surface area contributed by atoms with Crippen molar-refractivity contribution in [3.63, 3.8) is 0 Å². The number of hydrogen-bond donors (Lipinski definition) is 3. The number of nitrogens with one attached hydrogen (secondary N) is 2. The molecule has 0 heterocycles. The lowest BCUT2D eigenvalue weighted by molar-refractivity contribution is 0.323. The zero-order chi connectivity index (χ0) is 21.4. The Morgan fingerprint density at radius 3 is 2.03 bits per heavy atom. The molecule has 0 aliphatic heterocycles. The highest BCUT2D eigenvalue weighted by molar-refractivity contribution is 7.89. The van der Waals surface area contributed by atoms with Gasteiger partial charge in [-0.05, 0) is 35.4 Å². The molecule has 0 atom stereocenters. The third-order valence-electron chi connectivity index (χ3n) is 4.10. The maximum absolute atomic E-state index is 11.5. The molecule has 0 amide bonds. The molecule has 0 spiro atoms. The van der Waals surface area contributed by atoms with Crippen LogP contribution in [-0.4, -0.2) is 42.8 Å². The summed E-state index contributed by atoms with van der Waals surface area (Å²) < 4.78 is 39.0. The average Bonchev–Trinajstić information content (AvgIpc) is 2.72. The van der Waals surface area contributed by atoms with E-state index in [0.29, 0.717) is 36.3 Å². The molecule has 0 bridgehead atoms. The zero-order valence-electron chi connectivity index (χ0n) is 16.9. The van der Waals surface area contributed by atoms with Crippen LogP contribution < -0.4 is 30.0 Å². The molecule has 0 saturated heterocycles. The van der Waals surface area contributed by atoms with Gasteiger partial charge in [-0.2, -0.15) is 0 Å². The van der Waals surface area contributed by atoms with E-state index in [4.69, 9.17) is 19.3 Å². The molecule has 0 aliphatic rings. The van der Waals surface area contributed by atoms with Gasteiger partial charge in [-0.1, -0.05) is 12.1 Å². The first-order valence-corrected chi connectivity index (χ1v) is 10.2. The first-order chi connectivity index (χ1) is 13.8. The molecule has 0 saturated carbocycles. The number of primary sulfonamides is 1. The maximum atomic E-state index is 11.5. The Kier molecular flexibility index (Phi) is 7.68. The highest BCUT2D eigenvalue weighted by Crippen LogP contribution is 2.38. The predicted octanol–water partition coefficient (Wildman–Crippen LogP) is 1.23. The smallest absolute Gasteiger partial charge is 0.238 e. The van der Waals surface area contributed by atoms with Gasteiger partial charge in [0, 0.05) is 20.1 Å². The van der Waals surface area contributed by atoms with E-state index in [1.54, 1.807) is 40.5 Å². The third-order valence-corrected chi connectivity index (χ3v) is 5.01. The Hall–Kier alpha value is -2.98. The van der Waals surface area contributed by atoms with Crippen LogP contribution in [0.4, 0.5) is 0 Å². The molecule has 2 rings (SSSR count). The summed E-state index contributed by atoms with van der Waals surface area (Å²) in [5.41, 5.74) is 1.66. The van der Waals surface area contributed by atoms with Crippen molar-refractivity contribution < 1.29 is 22.6 Å². The lowest BCUT2D eigenvalue weighted by Crippen LogP contribution is -2.36. The predicted molar refractivity (Wildman–Crippen MR) is 111 cm³/mol. The van der Waals surface area contributed by atoms with E-state index in [1.807, 2.05) is 12.1 Å². The van der Waals surface area contributed by atoms with Gasteiger partial charge in [0.05, 0.1) is 26.2 Å². The minimum atomic E-state index is -3.74. The second-order valence-corrected chi connectivity index (χ2v) is 7.57. The SMILES string of the molecule is CN=C(NCc1cccc(S(N)(=O)=O)c1)NCc1cc(OC)c(OC)c(OC)c1. The molecular formula is C19H26N4O5S. The number of sulfonamides is 1. The molecule has 2 aromatic carbocycles. The van der Waals surface area contributed by atoms with E-state index in [-0.39, 0.29) is 4.90 Å². The van der Waals surface area contributed by atoms with Gasteiger partial charge >= 0.3 is 0 Å². The first-order valence-electron chi connectivity index (χ1n) is 8.67. The lowest BCUT2D eigenvalue weighted by atomic mass is 10.2. The normalized spacial score (nSPS) is 11.7. The van der Waals surface area contributed by atoms with Gasteiger partial charge in [-0.3, -0.25) is 4.99 Å². The summed E-state index contributed by atoms with van der Waals surface area (Å²) in [5, 5.41) is 11.5. The van der Waals surface area contributed by atoms with Crippen LogP contribution in [-0.2, 0) is 23.1 Å². The summed E-state index contributed by atoms with van der Waals surface area (Å²) in [5.74, 6) is 2.19. The largest absolute Gasteiger partial charge is 0.493 e. The number of guanidine groups is 1. The molecule has 2 aromatic rings. The summed E-state index contributed by atoms with van der Waals surface area (Å²) in [4.78, 5) is 4.24. The number of benzene rings is 2. The van der Waals surface area contributed by atoms with E-state index in [0.717, 1.165) is 11.1 Å². The summed E-state index contributed by atoms with van der Waals surface area (Å²) in [7, 11) is 2.57. The number of nitrogens with two attached hydrogens (primary N) is 1. The van der Waals surface area contributed by atoms with Gasteiger partial charge in [0.1, 0.15) is 0 Å². The number of nitrogens with zero attached hydrogens (tertiary/aromatic N) is 1. The van der Waals surface area contributed by atoms with Crippen LogP contribution in [0.15, 0.2) is 46.3 Å². The Morgan fingerprint density at radius 2 is 1.55 bits per heavy atom. The monoisotopic (exact) mass is 422 g/mol. The molecule has 0 fully saturated rings. The van der Waals surface area contributed by atoms with Crippen molar-refractivity contribution in [2.24, 2.45) is 10.1 Å². The van der Waals surface area contributed by atoms with Crippen molar-refractivity contribution >= 4 is 16.0 Å². The minimum absolute atomic E-state index is 0.0668. The van der Waals surface area contributed by atoms with Gasteiger partial charge in [0.2, 0.25) is 15.8 Å². The second kappa shape index (κ2) is 9.99. The van der Waals surface area contributed by atoms with E-state index < -0.39 is 10.0 Å². The molecule has 0 radical (unpaired) electrons. The zero-order valence-corrected chi connectivity index (χ0v) is 17.7. The van der Waals surface area contributed by atoms with Crippen molar-refractivity contribution in [2.45, 2.75) is 18.0 Å². The fraction of sp³-hybridized carbons (Fsp3) is 0.316. The lowest BCUT2D eigenvalue weighted by Gasteiger charge is -2.16.